The highest BCUT2D eigenvalue weighted by atomic mass is 32.2. The Balaban J connectivity index is 2.31. The maximum Gasteiger partial charge on any atom is 0.0787 e. The van der Waals surface area contributed by atoms with Crippen LogP contribution in [0.1, 0.15) is 18.9 Å². The molecule has 18 heavy (non-hydrogen) atoms. The van der Waals surface area contributed by atoms with E-state index in [0.29, 0.717) is 6.42 Å². The molecule has 0 radical (unpaired) electrons. The Kier molecular flexibility index (Phi) is 4.35. The summed E-state index contributed by atoms with van der Waals surface area (Å²) in [5.74, 6) is 0. The van der Waals surface area contributed by atoms with Crippen LogP contribution in [-0.4, -0.2) is 9.45 Å². The fourth-order valence-corrected chi connectivity index (χ4v) is 3.32. The van der Waals surface area contributed by atoms with E-state index in [-0.39, 0.29) is 5.25 Å². The van der Waals surface area contributed by atoms with Crippen LogP contribution in [0.4, 0.5) is 0 Å². The number of thiocarbonyl (C=S) groups is 1. The van der Waals surface area contributed by atoms with Gasteiger partial charge in [-0.2, -0.15) is 5.26 Å². The van der Waals surface area contributed by atoms with Gasteiger partial charge in [0.15, 0.2) is 0 Å². The highest BCUT2D eigenvalue weighted by molar-refractivity contribution is 8.24. The van der Waals surface area contributed by atoms with E-state index in [1.807, 2.05) is 25.1 Å². The number of nitrogens with zero attached hydrogens (tertiary/aromatic N) is 1. The Morgan fingerprint density at radius 2 is 2.00 bits per heavy atom. The van der Waals surface area contributed by atoms with Crippen LogP contribution < -0.4 is 0 Å². The average molecular weight is 271 g/mol. The second kappa shape index (κ2) is 5.99. The molecule has 2 aromatic carbocycles. The second-order valence-electron chi connectivity index (χ2n) is 4.10. The third kappa shape index (κ3) is 2.90. The van der Waals surface area contributed by atoms with Gasteiger partial charge in [0, 0.05) is 17.2 Å². The van der Waals surface area contributed by atoms with Gasteiger partial charge in [0.05, 0.1) is 10.3 Å². The molecule has 2 rings (SSSR count). The third-order valence-corrected chi connectivity index (χ3v) is 4.21. The first-order chi connectivity index (χ1) is 8.72. The molecule has 3 heteroatoms. The van der Waals surface area contributed by atoms with E-state index in [0.717, 1.165) is 9.76 Å². The molecule has 0 bridgehead atoms. The predicted molar refractivity (Wildman–Crippen MR) is 82.9 cm³/mol. The standard InChI is InChI=1S/C15H13NS2/c1-11(9-10-16)18-15(17)14-8-4-6-12-5-2-3-7-13(12)14/h2-8,11H,9H2,1H3. The summed E-state index contributed by atoms with van der Waals surface area (Å²) in [6.07, 6.45) is 0.523. The van der Waals surface area contributed by atoms with Crippen molar-refractivity contribution in [2.45, 2.75) is 18.6 Å². The van der Waals surface area contributed by atoms with Gasteiger partial charge in [0.2, 0.25) is 0 Å². The van der Waals surface area contributed by atoms with Crippen LogP contribution in [0.5, 0.6) is 0 Å². The van der Waals surface area contributed by atoms with E-state index in [1.165, 1.54) is 10.8 Å². The van der Waals surface area contributed by atoms with Gasteiger partial charge in [-0.25, -0.2) is 0 Å². The van der Waals surface area contributed by atoms with Gasteiger partial charge < -0.3 is 0 Å². The van der Waals surface area contributed by atoms with Crippen molar-refractivity contribution in [3.8, 4) is 6.07 Å². The topological polar surface area (TPSA) is 23.8 Å². The molecule has 0 aliphatic heterocycles. The van der Waals surface area contributed by atoms with Crippen molar-refractivity contribution >= 4 is 38.9 Å². The molecule has 0 aromatic heterocycles. The maximum atomic E-state index is 8.69. The molecule has 0 amide bonds. The summed E-state index contributed by atoms with van der Waals surface area (Å²) in [6, 6.07) is 16.6. The molecule has 90 valence electrons. The quantitative estimate of drug-likeness (QED) is 0.765. The van der Waals surface area contributed by atoms with Crippen molar-refractivity contribution < 1.29 is 0 Å². The van der Waals surface area contributed by atoms with Gasteiger partial charge in [-0.1, -0.05) is 61.6 Å². The first-order valence-electron chi connectivity index (χ1n) is 5.78. The van der Waals surface area contributed by atoms with E-state index in [1.54, 1.807) is 11.8 Å². The van der Waals surface area contributed by atoms with Crippen molar-refractivity contribution in [2.75, 3.05) is 0 Å². The van der Waals surface area contributed by atoms with E-state index >= 15 is 0 Å². The molecular formula is C15H13NS2. The molecule has 0 saturated carbocycles. The molecular weight excluding hydrogens is 258 g/mol. The molecule has 0 aliphatic rings. The predicted octanol–water partition coefficient (Wildman–Crippen LogP) is 4.55. The molecule has 1 unspecified atom stereocenters. The smallest absolute Gasteiger partial charge is 0.0787 e. The zero-order chi connectivity index (χ0) is 13.0. The third-order valence-electron chi connectivity index (χ3n) is 2.70. The fraction of sp³-hybridized carbons (Fsp3) is 0.200. The Morgan fingerprint density at radius 1 is 1.28 bits per heavy atom. The molecule has 2 aromatic rings. The maximum absolute atomic E-state index is 8.69. The zero-order valence-electron chi connectivity index (χ0n) is 10.1. The van der Waals surface area contributed by atoms with Crippen molar-refractivity contribution in [3.05, 3.63) is 48.0 Å². The first kappa shape index (κ1) is 13.1. The molecule has 0 spiro atoms. The molecule has 0 heterocycles. The van der Waals surface area contributed by atoms with Gasteiger partial charge in [-0.3, -0.25) is 0 Å². The lowest BCUT2D eigenvalue weighted by atomic mass is 10.1. The van der Waals surface area contributed by atoms with E-state index in [2.05, 4.69) is 30.3 Å². The van der Waals surface area contributed by atoms with Crippen molar-refractivity contribution in [1.29, 1.82) is 5.26 Å². The lowest BCUT2D eigenvalue weighted by molar-refractivity contribution is 0.997. The summed E-state index contributed by atoms with van der Waals surface area (Å²) in [6.45, 7) is 2.03. The summed E-state index contributed by atoms with van der Waals surface area (Å²) >= 11 is 7.09. The van der Waals surface area contributed by atoms with Crippen LogP contribution in [-0.2, 0) is 0 Å². The largest absolute Gasteiger partial charge is 0.198 e. The second-order valence-corrected chi connectivity index (χ2v) is 6.22. The van der Waals surface area contributed by atoms with Gasteiger partial charge in [-0.05, 0) is 10.8 Å². The first-order valence-corrected chi connectivity index (χ1v) is 7.07. The monoisotopic (exact) mass is 271 g/mol. The van der Waals surface area contributed by atoms with Crippen LogP contribution in [0.3, 0.4) is 0 Å². The molecule has 1 atom stereocenters. The van der Waals surface area contributed by atoms with E-state index in [4.69, 9.17) is 17.5 Å². The minimum Gasteiger partial charge on any atom is -0.198 e. The van der Waals surface area contributed by atoms with Crippen LogP contribution in [0.25, 0.3) is 10.8 Å². The molecule has 0 fully saturated rings. The molecule has 0 N–H and O–H groups in total. The summed E-state index contributed by atoms with van der Waals surface area (Å²) < 4.78 is 0.870. The number of thioether (sulfide) groups is 1. The van der Waals surface area contributed by atoms with Crippen molar-refractivity contribution in [1.82, 2.24) is 0 Å². The number of fused-ring (bicyclic) bond motifs is 1. The Morgan fingerprint density at radius 3 is 2.78 bits per heavy atom. The normalized spacial score (nSPS) is 12.0. The number of benzene rings is 2. The number of rotatable bonds is 3. The average Bonchev–Trinajstić information content (AvgIpc) is 2.38. The van der Waals surface area contributed by atoms with Crippen LogP contribution >= 0.6 is 24.0 Å². The van der Waals surface area contributed by atoms with Crippen LogP contribution in [0.2, 0.25) is 0 Å². The van der Waals surface area contributed by atoms with Crippen molar-refractivity contribution in [3.63, 3.8) is 0 Å². The number of nitriles is 1. The molecule has 0 saturated heterocycles. The lowest BCUT2D eigenvalue weighted by Gasteiger charge is -2.10. The Labute approximate surface area is 117 Å². The van der Waals surface area contributed by atoms with Gasteiger partial charge in [0.1, 0.15) is 0 Å². The summed E-state index contributed by atoms with van der Waals surface area (Å²) in [4.78, 5) is 0. The van der Waals surface area contributed by atoms with Crippen LogP contribution in [0.15, 0.2) is 42.5 Å². The minimum atomic E-state index is 0.237. The summed E-state index contributed by atoms with van der Waals surface area (Å²) in [5, 5.41) is 11.3. The Hall–Kier alpha value is -1.37. The molecule has 1 nitrogen and oxygen atoms in total. The summed E-state index contributed by atoms with van der Waals surface area (Å²) in [7, 11) is 0. The zero-order valence-corrected chi connectivity index (χ0v) is 11.7. The molecule has 0 aliphatic carbocycles. The van der Waals surface area contributed by atoms with Gasteiger partial charge in [-0.15, -0.1) is 11.8 Å². The SMILES string of the molecule is CC(CC#N)SC(=S)c1cccc2ccccc12. The number of hydrogen-bond acceptors (Lipinski definition) is 3. The van der Waals surface area contributed by atoms with Gasteiger partial charge in [0.25, 0.3) is 0 Å². The van der Waals surface area contributed by atoms with Gasteiger partial charge >= 0.3 is 0 Å². The summed E-state index contributed by atoms with van der Waals surface area (Å²) in [5.41, 5.74) is 1.10. The highest BCUT2D eigenvalue weighted by Crippen LogP contribution is 2.26. The van der Waals surface area contributed by atoms with E-state index < -0.39 is 0 Å². The minimum absolute atomic E-state index is 0.237. The fourth-order valence-electron chi connectivity index (χ4n) is 1.82. The number of hydrogen-bond donors (Lipinski definition) is 0. The van der Waals surface area contributed by atoms with Crippen molar-refractivity contribution in [2.24, 2.45) is 0 Å². The highest BCUT2D eigenvalue weighted by Gasteiger charge is 2.10. The van der Waals surface area contributed by atoms with E-state index in [9.17, 15) is 0 Å². The Bertz CT molecular complexity index is 608. The lowest BCUT2D eigenvalue weighted by Crippen LogP contribution is -2.01. The van der Waals surface area contributed by atoms with Crippen LogP contribution in [0, 0.1) is 11.3 Å².